The predicted octanol–water partition coefficient (Wildman–Crippen LogP) is 5.40. The van der Waals surface area contributed by atoms with E-state index in [-0.39, 0.29) is 23.7 Å². The monoisotopic (exact) mass is 471 g/mol. The molecule has 4 aromatic carbocycles. The third-order valence-corrected chi connectivity index (χ3v) is 8.25. The number of hydrogen-bond donors (Lipinski definition) is 1. The molecule has 4 aromatic rings. The van der Waals surface area contributed by atoms with Crippen LogP contribution in [0.15, 0.2) is 109 Å². The van der Waals surface area contributed by atoms with E-state index in [1.54, 1.807) is 0 Å². The fourth-order valence-electron chi connectivity index (χ4n) is 6.96. The summed E-state index contributed by atoms with van der Waals surface area (Å²) in [4.78, 5) is 27.2. The molecule has 0 aromatic heterocycles. The first-order valence-corrected chi connectivity index (χ1v) is 12.5. The summed E-state index contributed by atoms with van der Waals surface area (Å²) < 4.78 is 6.44. The molecule has 1 heterocycles. The van der Waals surface area contributed by atoms with Gasteiger partial charge in [-0.15, -0.1) is 0 Å². The Morgan fingerprint density at radius 1 is 0.722 bits per heavy atom. The standard InChI is InChI=1S/C32H25NO3/c34-30(33-19-20-11-3-1-4-12-20)27-29-23-16-8-7-15-22(23)28-26(21-13-5-2-6-14-21)24-17-9-10-18-25(24)32(28,29)36-31(27)35/h1-18,26-29H,19H2,(H,33,34)/t26-,27-,28+,29+,32?/m0/s1. The van der Waals surface area contributed by atoms with Gasteiger partial charge in [-0.05, 0) is 27.8 Å². The van der Waals surface area contributed by atoms with Crippen molar-refractivity contribution in [3.05, 3.63) is 143 Å². The van der Waals surface area contributed by atoms with Crippen molar-refractivity contribution >= 4 is 11.9 Å². The lowest BCUT2D eigenvalue weighted by atomic mass is 9.74. The molecule has 1 unspecified atom stereocenters. The lowest BCUT2D eigenvalue weighted by Gasteiger charge is -2.31. The minimum absolute atomic E-state index is 0.0347. The molecular formula is C32H25NO3. The van der Waals surface area contributed by atoms with Gasteiger partial charge < -0.3 is 10.1 Å². The Bertz CT molecular complexity index is 1480. The maximum Gasteiger partial charge on any atom is 0.320 e. The lowest BCUT2D eigenvalue weighted by Crippen LogP contribution is -2.37. The molecule has 0 bridgehead atoms. The van der Waals surface area contributed by atoms with Crippen molar-refractivity contribution in [2.24, 2.45) is 5.92 Å². The van der Waals surface area contributed by atoms with E-state index in [9.17, 15) is 9.59 Å². The Hall–Kier alpha value is -4.18. The Kier molecular flexibility index (Phi) is 4.65. The van der Waals surface area contributed by atoms with E-state index in [4.69, 9.17) is 4.74 Å². The fraction of sp³-hybridized carbons (Fsp3) is 0.188. The highest BCUT2D eigenvalue weighted by Crippen LogP contribution is 2.72. The third kappa shape index (κ3) is 2.81. The van der Waals surface area contributed by atoms with Crippen LogP contribution in [0.25, 0.3) is 0 Å². The van der Waals surface area contributed by atoms with E-state index in [0.717, 1.165) is 16.7 Å². The molecule has 0 radical (unpaired) electrons. The van der Waals surface area contributed by atoms with Crippen LogP contribution in [-0.2, 0) is 26.5 Å². The average Bonchev–Trinajstić information content (AvgIpc) is 3.49. The fourth-order valence-corrected chi connectivity index (χ4v) is 6.96. The van der Waals surface area contributed by atoms with Crippen molar-refractivity contribution in [3.8, 4) is 0 Å². The van der Waals surface area contributed by atoms with E-state index in [2.05, 4.69) is 53.8 Å². The maximum absolute atomic E-state index is 13.6. The summed E-state index contributed by atoms with van der Waals surface area (Å²) in [5.41, 5.74) is 5.70. The Balaban J connectivity index is 1.37. The van der Waals surface area contributed by atoms with Crippen LogP contribution >= 0.6 is 0 Å². The number of benzene rings is 4. The van der Waals surface area contributed by atoms with Gasteiger partial charge in [0.25, 0.3) is 0 Å². The van der Waals surface area contributed by atoms with Crippen molar-refractivity contribution in [2.75, 3.05) is 0 Å². The van der Waals surface area contributed by atoms with Crippen molar-refractivity contribution in [1.82, 2.24) is 5.32 Å². The summed E-state index contributed by atoms with van der Waals surface area (Å²) >= 11 is 0. The topological polar surface area (TPSA) is 55.4 Å². The summed E-state index contributed by atoms with van der Waals surface area (Å²) in [6.07, 6.45) is 0. The first-order valence-electron chi connectivity index (χ1n) is 12.5. The van der Waals surface area contributed by atoms with Gasteiger partial charge in [0.05, 0.1) is 5.92 Å². The van der Waals surface area contributed by atoms with Crippen LogP contribution in [0.3, 0.4) is 0 Å². The molecule has 2 aliphatic carbocycles. The van der Waals surface area contributed by atoms with Crippen molar-refractivity contribution < 1.29 is 14.3 Å². The number of carbonyl (C=O) groups is 2. The van der Waals surface area contributed by atoms with E-state index >= 15 is 0 Å². The van der Waals surface area contributed by atoms with Crippen LogP contribution in [0.2, 0.25) is 0 Å². The van der Waals surface area contributed by atoms with Gasteiger partial charge >= 0.3 is 5.97 Å². The van der Waals surface area contributed by atoms with Crippen LogP contribution in [-0.4, -0.2) is 11.9 Å². The number of carbonyl (C=O) groups excluding carboxylic acids is 2. The van der Waals surface area contributed by atoms with Gasteiger partial charge in [-0.1, -0.05) is 109 Å². The Morgan fingerprint density at radius 2 is 1.31 bits per heavy atom. The zero-order valence-corrected chi connectivity index (χ0v) is 19.6. The number of rotatable bonds is 4. The molecule has 0 saturated carbocycles. The Labute approximate surface area is 209 Å². The summed E-state index contributed by atoms with van der Waals surface area (Å²) in [5.74, 6) is -2.04. The van der Waals surface area contributed by atoms with Gasteiger partial charge in [-0.2, -0.15) is 0 Å². The number of ether oxygens (including phenoxy) is 1. The Morgan fingerprint density at radius 3 is 2.03 bits per heavy atom. The average molecular weight is 472 g/mol. The molecule has 3 aliphatic rings. The van der Waals surface area contributed by atoms with E-state index in [1.165, 1.54) is 16.7 Å². The maximum atomic E-state index is 13.6. The van der Waals surface area contributed by atoms with E-state index < -0.39 is 17.5 Å². The number of amides is 1. The molecular weight excluding hydrogens is 446 g/mol. The number of nitrogens with one attached hydrogen (secondary N) is 1. The number of hydrogen-bond acceptors (Lipinski definition) is 3. The summed E-state index contributed by atoms with van der Waals surface area (Å²) in [5, 5.41) is 3.02. The SMILES string of the molecule is O=C(NCc1ccccc1)[C@H]1C(=O)OC23c4ccccc4[C@H](c4ccccc4)[C@H]2c2ccccc2[C@H]13. The second kappa shape index (κ2) is 7.92. The van der Waals surface area contributed by atoms with Crippen LogP contribution in [0, 0.1) is 5.92 Å². The summed E-state index contributed by atoms with van der Waals surface area (Å²) in [7, 11) is 0. The zero-order chi connectivity index (χ0) is 24.3. The molecule has 5 atom stereocenters. The highest BCUT2D eigenvalue weighted by molar-refractivity contribution is 6.02. The highest BCUT2D eigenvalue weighted by atomic mass is 16.6. The highest BCUT2D eigenvalue weighted by Gasteiger charge is 2.72. The molecule has 7 rings (SSSR count). The van der Waals surface area contributed by atoms with Crippen molar-refractivity contribution in [3.63, 3.8) is 0 Å². The molecule has 36 heavy (non-hydrogen) atoms. The molecule has 4 nitrogen and oxygen atoms in total. The molecule has 176 valence electrons. The first-order chi connectivity index (χ1) is 17.7. The minimum Gasteiger partial charge on any atom is -0.452 e. The van der Waals surface area contributed by atoms with Crippen molar-refractivity contribution in [2.45, 2.75) is 29.9 Å². The largest absolute Gasteiger partial charge is 0.452 e. The molecule has 1 saturated heterocycles. The van der Waals surface area contributed by atoms with Gasteiger partial charge in [0, 0.05) is 23.9 Å². The lowest BCUT2D eigenvalue weighted by molar-refractivity contribution is -0.154. The quantitative estimate of drug-likeness (QED) is 0.320. The number of fused-ring (bicyclic) bond motifs is 4. The zero-order valence-electron chi connectivity index (χ0n) is 19.6. The van der Waals surface area contributed by atoms with Gasteiger partial charge in [0.1, 0.15) is 5.92 Å². The van der Waals surface area contributed by atoms with E-state index in [0.29, 0.717) is 6.54 Å². The van der Waals surface area contributed by atoms with Gasteiger partial charge in [-0.25, -0.2) is 0 Å². The van der Waals surface area contributed by atoms with Crippen molar-refractivity contribution in [1.29, 1.82) is 0 Å². The first kappa shape index (κ1) is 21.1. The van der Waals surface area contributed by atoms with Crippen LogP contribution in [0.5, 0.6) is 0 Å². The van der Waals surface area contributed by atoms with Gasteiger partial charge in [-0.3, -0.25) is 9.59 Å². The molecule has 1 amide bonds. The van der Waals surface area contributed by atoms with Crippen LogP contribution in [0.1, 0.15) is 51.1 Å². The van der Waals surface area contributed by atoms with E-state index in [1.807, 2.05) is 60.7 Å². The summed E-state index contributed by atoms with van der Waals surface area (Å²) in [6.45, 7) is 0.372. The van der Waals surface area contributed by atoms with Gasteiger partial charge in [0.15, 0.2) is 5.60 Å². The molecule has 1 spiro atoms. The van der Waals surface area contributed by atoms with Crippen LogP contribution < -0.4 is 5.32 Å². The normalized spacial score (nSPS) is 26.9. The van der Waals surface area contributed by atoms with Gasteiger partial charge in [0.2, 0.25) is 5.91 Å². The molecule has 1 fully saturated rings. The molecule has 1 aliphatic heterocycles. The summed E-state index contributed by atoms with van der Waals surface area (Å²) in [6, 6.07) is 36.8. The molecule has 4 heteroatoms. The molecule has 1 N–H and O–H groups in total. The number of esters is 1. The third-order valence-electron chi connectivity index (χ3n) is 8.25. The second-order valence-corrected chi connectivity index (χ2v) is 9.96. The van der Waals surface area contributed by atoms with Crippen LogP contribution in [0.4, 0.5) is 0 Å². The smallest absolute Gasteiger partial charge is 0.320 e. The minimum atomic E-state index is -0.901. The second-order valence-electron chi connectivity index (χ2n) is 9.96. The predicted molar refractivity (Wildman–Crippen MR) is 136 cm³/mol.